The van der Waals surface area contributed by atoms with Gasteiger partial charge in [-0.2, -0.15) is 0 Å². The molecule has 3 heterocycles. The Morgan fingerprint density at radius 1 is 1.06 bits per heavy atom. The van der Waals surface area contributed by atoms with Gasteiger partial charge in [0.2, 0.25) is 5.91 Å². The molecule has 1 unspecified atom stereocenters. The molecule has 2 saturated heterocycles. The summed E-state index contributed by atoms with van der Waals surface area (Å²) in [6, 6.07) is 9.71. The number of rotatable bonds is 5. The fourth-order valence-corrected chi connectivity index (χ4v) is 4.70. The average molecular weight is 436 g/mol. The molecule has 0 radical (unpaired) electrons. The third-order valence-corrected chi connectivity index (χ3v) is 6.69. The molecule has 2 aliphatic heterocycles. The van der Waals surface area contributed by atoms with Gasteiger partial charge in [0, 0.05) is 25.2 Å². The molecular weight excluding hydrogens is 402 g/mol. The Kier molecular flexibility index (Phi) is 7.15. The van der Waals surface area contributed by atoms with Crippen LogP contribution in [0.25, 0.3) is 0 Å². The summed E-state index contributed by atoms with van der Waals surface area (Å²) in [4.78, 5) is 39.5. The van der Waals surface area contributed by atoms with E-state index in [1.165, 1.54) is 0 Å². The molecule has 0 aliphatic carbocycles. The fraction of sp³-hybridized carbons (Fsp3) is 0.520. The van der Waals surface area contributed by atoms with E-state index in [-0.39, 0.29) is 23.8 Å². The van der Waals surface area contributed by atoms with Gasteiger partial charge in [0.25, 0.3) is 5.91 Å². The van der Waals surface area contributed by atoms with Crippen LogP contribution >= 0.6 is 0 Å². The molecule has 1 aromatic carbocycles. The van der Waals surface area contributed by atoms with Crippen LogP contribution in [0.1, 0.15) is 65.6 Å². The quantitative estimate of drug-likeness (QED) is 0.781. The molecule has 4 rings (SSSR count). The maximum atomic E-state index is 13.3. The van der Waals surface area contributed by atoms with E-state index in [2.05, 4.69) is 27.2 Å². The smallest absolute Gasteiger partial charge is 0.254 e. The maximum absolute atomic E-state index is 13.3. The minimum atomic E-state index is -0.180. The monoisotopic (exact) mass is 435 g/mol. The summed E-state index contributed by atoms with van der Waals surface area (Å²) in [7, 11) is 2.11. The van der Waals surface area contributed by atoms with E-state index in [9.17, 15) is 9.59 Å². The first-order valence-electron chi connectivity index (χ1n) is 11.7. The van der Waals surface area contributed by atoms with E-state index in [0.29, 0.717) is 23.6 Å². The van der Waals surface area contributed by atoms with Crippen molar-refractivity contribution in [2.24, 2.45) is 5.92 Å². The highest BCUT2D eigenvalue weighted by atomic mass is 16.2. The lowest BCUT2D eigenvalue weighted by molar-refractivity contribution is -0.141. The summed E-state index contributed by atoms with van der Waals surface area (Å²) in [6.07, 6.45) is 6.40. The van der Waals surface area contributed by atoms with E-state index in [4.69, 9.17) is 0 Å². The highest BCUT2D eigenvalue weighted by Gasteiger charge is 2.35. The molecular formula is C25H33N5O2. The number of nitrogens with one attached hydrogen (secondary N) is 1. The molecule has 2 aromatic rings. The highest BCUT2D eigenvalue weighted by Crippen LogP contribution is 2.32. The van der Waals surface area contributed by atoms with Crippen molar-refractivity contribution in [1.82, 2.24) is 25.1 Å². The summed E-state index contributed by atoms with van der Waals surface area (Å²) >= 11 is 0. The van der Waals surface area contributed by atoms with Gasteiger partial charge in [-0.25, -0.2) is 9.97 Å². The van der Waals surface area contributed by atoms with Crippen LogP contribution in [0.2, 0.25) is 0 Å². The van der Waals surface area contributed by atoms with Crippen molar-refractivity contribution in [3.63, 3.8) is 0 Å². The van der Waals surface area contributed by atoms with Crippen LogP contribution in [0.4, 0.5) is 0 Å². The predicted molar refractivity (Wildman–Crippen MR) is 123 cm³/mol. The van der Waals surface area contributed by atoms with Crippen LogP contribution in [0.5, 0.6) is 0 Å². The van der Waals surface area contributed by atoms with Crippen molar-refractivity contribution in [3.05, 3.63) is 59.2 Å². The van der Waals surface area contributed by atoms with Crippen LogP contribution in [0.3, 0.4) is 0 Å². The van der Waals surface area contributed by atoms with E-state index < -0.39 is 0 Å². The molecule has 1 aromatic heterocycles. The number of piperidine rings is 2. The number of carbonyl (C=O) groups excluding carboxylic acids is 2. The Labute approximate surface area is 190 Å². The van der Waals surface area contributed by atoms with E-state index in [1.54, 1.807) is 6.20 Å². The van der Waals surface area contributed by atoms with Crippen molar-refractivity contribution in [2.45, 2.75) is 51.6 Å². The van der Waals surface area contributed by atoms with Gasteiger partial charge in [0.1, 0.15) is 0 Å². The minimum Gasteiger partial charge on any atom is -0.348 e. The first-order valence-corrected chi connectivity index (χ1v) is 11.7. The molecule has 2 aliphatic rings. The van der Waals surface area contributed by atoms with Gasteiger partial charge in [-0.05, 0) is 64.7 Å². The van der Waals surface area contributed by atoms with Crippen LogP contribution in [0, 0.1) is 12.8 Å². The minimum absolute atomic E-state index is 0.0935. The molecule has 0 saturated carbocycles. The lowest BCUT2D eigenvalue weighted by atomic mass is 9.92. The second-order valence-electron chi connectivity index (χ2n) is 9.02. The Balaban J connectivity index is 1.45. The SMILES string of the molecule is Cc1nc(C2CCCCN2C(=O)C2CCN(C)CC2)ncc1C(=O)NCc1ccccc1. The van der Waals surface area contributed by atoms with Gasteiger partial charge < -0.3 is 15.1 Å². The number of amides is 2. The molecule has 32 heavy (non-hydrogen) atoms. The van der Waals surface area contributed by atoms with Crippen molar-refractivity contribution >= 4 is 11.8 Å². The number of benzene rings is 1. The number of likely N-dealkylation sites (tertiary alicyclic amines) is 2. The van der Waals surface area contributed by atoms with Gasteiger partial charge in [-0.3, -0.25) is 9.59 Å². The summed E-state index contributed by atoms with van der Waals surface area (Å²) in [5.41, 5.74) is 2.17. The number of carbonyl (C=O) groups is 2. The molecule has 7 heteroatoms. The van der Waals surface area contributed by atoms with Crippen LogP contribution in [-0.4, -0.2) is 58.3 Å². The molecule has 0 spiro atoms. The second kappa shape index (κ2) is 10.2. The zero-order valence-electron chi connectivity index (χ0n) is 19.1. The summed E-state index contributed by atoms with van der Waals surface area (Å²) in [6.45, 7) is 5.00. The zero-order chi connectivity index (χ0) is 22.5. The van der Waals surface area contributed by atoms with Crippen LogP contribution in [-0.2, 0) is 11.3 Å². The Hall–Kier alpha value is -2.80. The van der Waals surface area contributed by atoms with Crippen LogP contribution < -0.4 is 5.32 Å². The lowest BCUT2D eigenvalue weighted by Crippen LogP contribution is -2.45. The van der Waals surface area contributed by atoms with Gasteiger partial charge in [-0.15, -0.1) is 0 Å². The summed E-state index contributed by atoms with van der Waals surface area (Å²) in [5, 5.41) is 2.94. The normalized spacial score (nSPS) is 20.2. The largest absolute Gasteiger partial charge is 0.348 e. The highest BCUT2D eigenvalue weighted by molar-refractivity contribution is 5.94. The van der Waals surface area contributed by atoms with E-state index >= 15 is 0 Å². The van der Waals surface area contributed by atoms with Gasteiger partial charge in [0.05, 0.1) is 17.3 Å². The molecule has 2 fully saturated rings. The van der Waals surface area contributed by atoms with E-state index in [1.807, 2.05) is 42.2 Å². The topological polar surface area (TPSA) is 78.4 Å². The second-order valence-corrected chi connectivity index (χ2v) is 9.02. The van der Waals surface area contributed by atoms with Crippen LogP contribution in [0.15, 0.2) is 36.5 Å². The molecule has 2 amide bonds. The Bertz CT molecular complexity index is 941. The molecule has 170 valence electrons. The lowest BCUT2D eigenvalue weighted by Gasteiger charge is -2.39. The molecule has 1 atom stereocenters. The predicted octanol–water partition coefficient (Wildman–Crippen LogP) is 3.11. The van der Waals surface area contributed by atoms with Crippen molar-refractivity contribution < 1.29 is 9.59 Å². The fourth-order valence-electron chi connectivity index (χ4n) is 4.70. The third-order valence-electron chi connectivity index (χ3n) is 6.69. The van der Waals surface area contributed by atoms with E-state index in [0.717, 1.165) is 57.3 Å². The summed E-state index contributed by atoms with van der Waals surface area (Å²) in [5.74, 6) is 0.813. The van der Waals surface area contributed by atoms with Gasteiger partial charge in [-0.1, -0.05) is 30.3 Å². The number of hydrogen-bond donors (Lipinski definition) is 1. The van der Waals surface area contributed by atoms with Crippen molar-refractivity contribution in [3.8, 4) is 0 Å². The zero-order valence-corrected chi connectivity index (χ0v) is 19.1. The first kappa shape index (κ1) is 22.4. The first-order chi connectivity index (χ1) is 15.5. The number of aryl methyl sites for hydroxylation is 1. The number of nitrogens with zero attached hydrogens (tertiary/aromatic N) is 4. The van der Waals surface area contributed by atoms with Crippen molar-refractivity contribution in [2.75, 3.05) is 26.7 Å². The number of hydrogen-bond acceptors (Lipinski definition) is 5. The Morgan fingerprint density at radius 3 is 2.53 bits per heavy atom. The van der Waals surface area contributed by atoms with Gasteiger partial charge >= 0.3 is 0 Å². The maximum Gasteiger partial charge on any atom is 0.254 e. The van der Waals surface area contributed by atoms with Crippen molar-refractivity contribution in [1.29, 1.82) is 0 Å². The third kappa shape index (κ3) is 5.15. The standard InChI is InChI=1S/C25H33N5O2/c1-18-21(24(31)27-16-19-8-4-3-5-9-19)17-26-23(28-18)22-10-6-7-13-30(22)25(32)20-11-14-29(2)15-12-20/h3-5,8-9,17,20,22H,6-7,10-16H2,1-2H3,(H,27,31). The molecule has 7 nitrogen and oxygen atoms in total. The van der Waals surface area contributed by atoms with Gasteiger partial charge in [0.15, 0.2) is 5.82 Å². The molecule has 1 N–H and O–H groups in total. The number of aromatic nitrogens is 2. The molecule has 0 bridgehead atoms. The summed E-state index contributed by atoms with van der Waals surface area (Å²) < 4.78 is 0. The average Bonchev–Trinajstić information content (AvgIpc) is 2.83. The Morgan fingerprint density at radius 2 is 1.81 bits per heavy atom.